The molecule has 0 amide bonds. The van der Waals surface area contributed by atoms with Gasteiger partial charge in [-0.25, -0.2) is 9.37 Å². The van der Waals surface area contributed by atoms with E-state index in [0.29, 0.717) is 5.56 Å². The van der Waals surface area contributed by atoms with Crippen LogP contribution in [0.2, 0.25) is 0 Å². The lowest BCUT2D eigenvalue weighted by Crippen LogP contribution is -1.96. The highest BCUT2D eigenvalue weighted by molar-refractivity contribution is 5.68. The van der Waals surface area contributed by atoms with Crippen molar-refractivity contribution in [2.24, 2.45) is 0 Å². The molecule has 0 aliphatic rings. The van der Waals surface area contributed by atoms with E-state index >= 15 is 0 Å². The molecule has 0 aliphatic heterocycles. The van der Waals surface area contributed by atoms with E-state index < -0.39 is 10.7 Å². The van der Waals surface area contributed by atoms with Gasteiger partial charge in [-0.2, -0.15) is 0 Å². The first-order valence-electron chi connectivity index (χ1n) is 4.39. The second-order valence-electron chi connectivity index (χ2n) is 3.02. The Morgan fingerprint density at radius 1 is 1.38 bits per heavy atom. The number of aromatic nitrogens is 2. The molecule has 16 heavy (non-hydrogen) atoms. The fourth-order valence-corrected chi connectivity index (χ4v) is 1.29. The van der Waals surface area contributed by atoms with Gasteiger partial charge in [-0.3, -0.25) is 15.1 Å². The van der Waals surface area contributed by atoms with Crippen LogP contribution in [0.15, 0.2) is 36.8 Å². The molecule has 0 spiro atoms. The van der Waals surface area contributed by atoms with Gasteiger partial charge in [0.05, 0.1) is 17.2 Å². The highest BCUT2D eigenvalue weighted by Gasteiger charge is 2.17. The number of nitrogens with zero attached hydrogens (tertiary/aromatic N) is 3. The Morgan fingerprint density at radius 3 is 2.81 bits per heavy atom. The van der Waals surface area contributed by atoms with Gasteiger partial charge >= 0.3 is 0 Å². The van der Waals surface area contributed by atoms with Gasteiger partial charge in [-0.15, -0.1) is 0 Å². The zero-order valence-electron chi connectivity index (χ0n) is 8.00. The monoisotopic (exact) mass is 219 g/mol. The highest BCUT2D eigenvalue weighted by atomic mass is 19.1. The summed E-state index contributed by atoms with van der Waals surface area (Å²) >= 11 is 0. The van der Waals surface area contributed by atoms with E-state index in [1.165, 1.54) is 6.20 Å². The minimum Gasteiger partial charge on any atom is -0.264 e. The lowest BCUT2D eigenvalue weighted by atomic mass is 10.1. The summed E-state index contributed by atoms with van der Waals surface area (Å²) in [6, 6.07) is 4.10. The fourth-order valence-electron chi connectivity index (χ4n) is 1.29. The quantitative estimate of drug-likeness (QED) is 0.573. The molecule has 2 rings (SSSR count). The highest BCUT2D eigenvalue weighted by Crippen LogP contribution is 2.26. The summed E-state index contributed by atoms with van der Waals surface area (Å²) in [6.45, 7) is 0. The molecule has 0 radical (unpaired) electrons. The van der Waals surface area contributed by atoms with E-state index in [1.807, 2.05) is 0 Å². The molecule has 0 N–H and O–H groups in total. The summed E-state index contributed by atoms with van der Waals surface area (Å²) in [6.07, 6.45) is 3.92. The first-order chi connectivity index (χ1) is 7.68. The third-order valence-electron chi connectivity index (χ3n) is 1.97. The molecule has 0 aromatic carbocycles. The third-order valence-corrected chi connectivity index (χ3v) is 1.97. The summed E-state index contributed by atoms with van der Waals surface area (Å²) in [5, 5.41) is 10.7. The molecule has 0 saturated carbocycles. The van der Waals surface area contributed by atoms with E-state index in [1.54, 1.807) is 18.3 Å². The van der Waals surface area contributed by atoms with Crippen molar-refractivity contribution in [3.05, 3.63) is 52.7 Å². The predicted octanol–water partition coefficient (Wildman–Crippen LogP) is 2.19. The molecular formula is C10H6FN3O2. The second-order valence-corrected chi connectivity index (χ2v) is 3.02. The molecule has 2 heterocycles. The number of rotatable bonds is 2. The average Bonchev–Trinajstić information content (AvgIpc) is 2.30. The zero-order chi connectivity index (χ0) is 11.5. The largest absolute Gasteiger partial charge is 0.298 e. The summed E-state index contributed by atoms with van der Waals surface area (Å²) < 4.78 is 12.8. The lowest BCUT2D eigenvalue weighted by molar-refractivity contribution is -0.384. The molecule has 0 bridgehead atoms. The van der Waals surface area contributed by atoms with Crippen molar-refractivity contribution >= 4 is 5.69 Å². The molecule has 5 nitrogen and oxygen atoms in total. The van der Waals surface area contributed by atoms with E-state index in [9.17, 15) is 14.5 Å². The molecule has 0 unspecified atom stereocenters. The van der Waals surface area contributed by atoms with Gasteiger partial charge in [0.25, 0.3) is 5.69 Å². The predicted molar refractivity (Wildman–Crippen MR) is 54.1 cm³/mol. The maximum atomic E-state index is 12.8. The summed E-state index contributed by atoms with van der Waals surface area (Å²) in [4.78, 5) is 17.6. The number of halogens is 1. The van der Waals surface area contributed by atoms with E-state index in [4.69, 9.17) is 0 Å². The van der Waals surface area contributed by atoms with Gasteiger partial charge in [0, 0.05) is 18.0 Å². The van der Waals surface area contributed by atoms with Crippen LogP contribution in [-0.2, 0) is 0 Å². The molecule has 80 valence electrons. The third kappa shape index (κ3) is 1.85. The number of pyridine rings is 2. The molecule has 0 fully saturated rings. The van der Waals surface area contributed by atoms with Crippen molar-refractivity contribution in [1.82, 2.24) is 9.97 Å². The summed E-state index contributed by atoms with van der Waals surface area (Å²) in [5.74, 6) is -0.737. The van der Waals surface area contributed by atoms with Crippen molar-refractivity contribution in [2.75, 3.05) is 0 Å². The Bertz CT molecular complexity index is 531. The minimum absolute atomic E-state index is 0.111. The first kappa shape index (κ1) is 10.2. The summed E-state index contributed by atoms with van der Waals surface area (Å²) in [7, 11) is 0. The smallest absolute Gasteiger partial charge is 0.264 e. The van der Waals surface area contributed by atoms with Gasteiger partial charge in [0.15, 0.2) is 0 Å². The number of hydrogen-bond acceptors (Lipinski definition) is 4. The Labute approximate surface area is 89.7 Å². The molecule has 0 saturated heterocycles. The standard InChI is InChI=1S/C10H6FN3O2/c11-8-4-9(14(15)16)10(13-6-8)7-2-1-3-12-5-7/h1-6H. The Hall–Kier alpha value is -2.37. The lowest BCUT2D eigenvalue weighted by Gasteiger charge is -2.01. The molecule has 0 atom stereocenters. The van der Waals surface area contributed by atoms with E-state index in [0.717, 1.165) is 12.3 Å². The molecular weight excluding hydrogens is 213 g/mol. The van der Waals surface area contributed by atoms with Crippen LogP contribution in [0, 0.1) is 15.9 Å². The number of hydrogen-bond donors (Lipinski definition) is 0. The zero-order valence-corrected chi connectivity index (χ0v) is 8.00. The molecule has 2 aromatic heterocycles. The van der Waals surface area contributed by atoms with Crippen LogP contribution in [0.1, 0.15) is 0 Å². The van der Waals surface area contributed by atoms with Gasteiger partial charge < -0.3 is 0 Å². The summed E-state index contributed by atoms with van der Waals surface area (Å²) in [5.41, 5.74) is 0.224. The SMILES string of the molecule is O=[N+]([O-])c1cc(F)cnc1-c1cccnc1. The van der Waals surface area contributed by atoms with Crippen LogP contribution in [0.5, 0.6) is 0 Å². The molecule has 0 aliphatic carbocycles. The maximum Gasteiger partial charge on any atom is 0.298 e. The Balaban J connectivity index is 2.61. The van der Waals surface area contributed by atoms with Crippen LogP contribution in [0.4, 0.5) is 10.1 Å². The van der Waals surface area contributed by atoms with E-state index in [2.05, 4.69) is 9.97 Å². The van der Waals surface area contributed by atoms with Crippen molar-refractivity contribution in [3.8, 4) is 11.3 Å². The minimum atomic E-state index is -0.737. The van der Waals surface area contributed by atoms with Crippen LogP contribution in [0.25, 0.3) is 11.3 Å². The van der Waals surface area contributed by atoms with Gasteiger partial charge in [0.1, 0.15) is 11.5 Å². The molecule has 2 aromatic rings. The maximum absolute atomic E-state index is 12.8. The van der Waals surface area contributed by atoms with Crippen molar-refractivity contribution in [3.63, 3.8) is 0 Å². The van der Waals surface area contributed by atoms with Crippen molar-refractivity contribution in [1.29, 1.82) is 0 Å². The van der Waals surface area contributed by atoms with Crippen molar-refractivity contribution in [2.45, 2.75) is 0 Å². The van der Waals surface area contributed by atoms with Crippen LogP contribution < -0.4 is 0 Å². The van der Waals surface area contributed by atoms with E-state index in [-0.39, 0.29) is 11.4 Å². The van der Waals surface area contributed by atoms with Gasteiger partial charge in [0.2, 0.25) is 0 Å². The topological polar surface area (TPSA) is 68.9 Å². The van der Waals surface area contributed by atoms with Crippen LogP contribution in [-0.4, -0.2) is 14.9 Å². The Kier molecular flexibility index (Phi) is 2.55. The van der Waals surface area contributed by atoms with Gasteiger partial charge in [-0.05, 0) is 12.1 Å². The molecule has 6 heteroatoms. The Morgan fingerprint density at radius 2 is 2.19 bits per heavy atom. The first-order valence-corrected chi connectivity index (χ1v) is 4.39. The fraction of sp³-hybridized carbons (Fsp3) is 0. The van der Waals surface area contributed by atoms with Crippen molar-refractivity contribution < 1.29 is 9.31 Å². The van der Waals surface area contributed by atoms with Crippen LogP contribution in [0.3, 0.4) is 0 Å². The normalized spacial score (nSPS) is 10.1. The average molecular weight is 219 g/mol. The van der Waals surface area contributed by atoms with Crippen LogP contribution >= 0.6 is 0 Å². The second kappa shape index (κ2) is 4.01. The van der Waals surface area contributed by atoms with Gasteiger partial charge in [-0.1, -0.05) is 0 Å². The number of nitro groups is 1.